The van der Waals surface area contributed by atoms with Crippen molar-refractivity contribution in [3.05, 3.63) is 41.4 Å². The van der Waals surface area contributed by atoms with Crippen molar-refractivity contribution in [3.63, 3.8) is 0 Å². The van der Waals surface area contributed by atoms with E-state index in [1.165, 1.54) is 0 Å². The molecule has 1 heterocycles. The highest BCUT2D eigenvalue weighted by Crippen LogP contribution is 2.23. The Morgan fingerprint density at radius 1 is 1.38 bits per heavy atom. The summed E-state index contributed by atoms with van der Waals surface area (Å²) >= 11 is 1.59. The van der Waals surface area contributed by atoms with Crippen molar-refractivity contribution in [1.82, 2.24) is 10.3 Å². The second-order valence-electron chi connectivity index (χ2n) is 4.80. The summed E-state index contributed by atoms with van der Waals surface area (Å²) in [5.41, 5.74) is 7.62. The summed E-state index contributed by atoms with van der Waals surface area (Å²) < 4.78 is 0. The minimum atomic E-state index is 0. The SMILES string of the molecule is CC(N)CCC(=O)NCc1csc(-c2ccccc2)n1.Cl. The Labute approximate surface area is 135 Å². The molecule has 6 heteroatoms. The van der Waals surface area contributed by atoms with Crippen molar-refractivity contribution in [2.24, 2.45) is 5.73 Å². The number of carbonyl (C=O) groups excluding carboxylic acids is 1. The van der Waals surface area contributed by atoms with Crippen molar-refractivity contribution >= 4 is 29.7 Å². The van der Waals surface area contributed by atoms with E-state index in [0.717, 1.165) is 16.3 Å². The normalized spacial score (nSPS) is 11.5. The van der Waals surface area contributed by atoms with Gasteiger partial charge in [-0.15, -0.1) is 23.7 Å². The molecule has 4 nitrogen and oxygen atoms in total. The van der Waals surface area contributed by atoms with Crippen molar-refractivity contribution in [2.45, 2.75) is 32.4 Å². The first-order valence-electron chi connectivity index (χ1n) is 6.67. The van der Waals surface area contributed by atoms with E-state index in [2.05, 4.69) is 10.3 Å². The number of aromatic nitrogens is 1. The maximum Gasteiger partial charge on any atom is 0.220 e. The zero-order chi connectivity index (χ0) is 14.4. The molecule has 1 aromatic carbocycles. The Hall–Kier alpha value is -1.43. The number of nitrogens with two attached hydrogens (primary N) is 1. The third-order valence-corrected chi connectivity index (χ3v) is 3.81. The molecule has 1 atom stereocenters. The molecule has 1 aromatic heterocycles. The molecule has 0 saturated carbocycles. The number of thiazole rings is 1. The summed E-state index contributed by atoms with van der Waals surface area (Å²) in [5.74, 6) is 0.0246. The molecular formula is C15H20ClN3OS. The van der Waals surface area contributed by atoms with Crippen LogP contribution in [0.25, 0.3) is 10.6 Å². The second-order valence-corrected chi connectivity index (χ2v) is 5.66. The Morgan fingerprint density at radius 2 is 2.10 bits per heavy atom. The summed E-state index contributed by atoms with van der Waals surface area (Å²) in [5, 5.41) is 5.83. The van der Waals surface area contributed by atoms with Crippen LogP contribution in [-0.4, -0.2) is 16.9 Å². The number of carbonyl (C=O) groups is 1. The lowest BCUT2D eigenvalue weighted by Gasteiger charge is -2.05. The smallest absolute Gasteiger partial charge is 0.220 e. The molecule has 2 rings (SSSR count). The predicted octanol–water partition coefficient (Wildman–Crippen LogP) is 2.98. The first-order valence-corrected chi connectivity index (χ1v) is 7.55. The molecule has 3 N–H and O–H groups in total. The molecule has 21 heavy (non-hydrogen) atoms. The van der Waals surface area contributed by atoms with Crippen LogP contribution in [0.5, 0.6) is 0 Å². The van der Waals surface area contributed by atoms with Crippen LogP contribution in [0.15, 0.2) is 35.7 Å². The first kappa shape index (κ1) is 17.6. The van der Waals surface area contributed by atoms with E-state index in [1.807, 2.05) is 42.6 Å². The van der Waals surface area contributed by atoms with Gasteiger partial charge in [0.25, 0.3) is 0 Å². The van der Waals surface area contributed by atoms with E-state index in [0.29, 0.717) is 19.4 Å². The van der Waals surface area contributed by atoms with Crippen LogP contribution in [0.1, 0.15) is 25.5 Å². The fourth-order valence-electron chi connectivity index (χ4n) is 1.74. The van der Waals surface area contributed by atoms with Gasteiger partial charge in [-0.1, -0.05) is 30.3 Å². The van der Waals surface area contributed by atoms with Gasteiger partial charge in [-0.05, 0) is 13.3 Å². The average molecular weight is 326 g/mol. The van der Waals surface area contributed by atoms with Crippen LogP contribution >= 0.6 is 23.7 Å². The highest BCUT2D eigenvalue weighted by atomic mass is 35.5. The fourth-order valence-corrected chi connectivity index (χ4v) is 2.56. The number of hydrogen-bond acceptors (Lipinski definition) is 4. The second kappa shape index (κ2) is 8.77. The van der Waals surface area contributed by atoms with Gasteiger partial charge in [0.2, 0.25) is 5.91 Å². The number of hydrogen-bond donors (Lipinski definition) is 2. The molecule has 0 aliphatic rings. The molecule has 2 aromatic rings. The molecule has 1 unspecified atom stereocenters. The standard InChI is InChI=1S/C15H19N3OS.ClH/c1-11(16)7-8-14(19)17-9-13-10-20-15(18-13)12-5-3-2-4-6-12;/h2-6,10-11H,7-9,16H2,1H3,(H,17,19);1H. The van der Waals surface area contributed by atoms with Gasteiger partial charge in [-0.25, -0.2) is 4.98 Å². The Bertz CT molecular complexity index is 557. The highest BCUT2D eigenvalue weighted by molar-refractivity contribution is 7.13. The van der Waals surface area contributed by atoms with Gasteiger partial charge in [0.15, 0.2) is 0 Å². The zero-order valence-corrected chi connectivity index (χ0v) is 13.5. The Kier molecular flexibility index (Phi) is 7.36. The maximum atomic E-state index is 11.6. The van der Waals surface area contributed by atoms with Crippen LogP contribution < -0.4 is 11.1 Å². The van der Waals surface area contributed by atoms with Gasteiger partial charge < -0.3 is 11.1 Å². The summed E-state index contributed by atoms with van der Waals surface area (Å²) in [6, 6.07) is 10.1. The number of rotatable bonds is 6. The number of halogens is 1. The number of nitrogens with one attached hydrogen (secondary N) is 1. The van der Waals surface area contributed by atoms with Gasteiger partial charge >= 0.3 is 0 Å². The van der Waals surface area contributed by atoms with Gasteiger partial charge in [-0.2, -0.15) is 0 Å². The number of nitrogens with zero attached hydrogens (tertiary/aromatic N) is 1. The minimum Gasteiger partial charge on any atom is -0.350 e. The number of benzene rings is 1. The monoisotopic (exact) mass is 325 g/mol. The van der Waals surface area contributed by atoms with E-state index in [9.17, 15) is 4.79 Å². The molecular weight excluding hydrogens is 306 g/mol. The fraction of sp³-hybridized carbons (Fsp3) is 0.333. The predicted molar refractivity (Wildman–Crippen MR) is 89.5 cm³/mol. The molecule has 0 aliphatic heterocycles. The van der Waals surface area contributed by atoms with E-state index >= 15 is 0 Å². The lowest BCUT2D eigenvalue weighted by atomic mass is 10.2. The van der Waals surface area contributed by atoms with E-state index in [-0.39, 0.29) is 24.4 Å². The molecule has 0 saturated heterocycles. The molecule has 0 radical (unpaired) electrons. The maximum absolute atomic E-state index is 11.6. The summed E-state index contributed by atoms with van der Waals surface area (Å²) in [6.07, 6.45) is 1.17. The van der Waals surface area contributed by atoms with Crippen LogP contribution in [0.3, 0.4) is 0 Å². The largest absolute Gasteiger partial charge is 0.350 e. The molecule has 114 valence electrons. The van der Waals surface area contributed by atoms with Crippen molar-refractivity contribution in [2.75, 3.05) is 0 Å². The first-order chi connectivity index (χ1) is 9.65. The summed E-state index contributed by atoms with van der Waals surface area (Å²) in [6.45, 7) is 2.38. The van der Waals surface area contributed by atoms with E-state index in [4.69, 9.17) is 5.73 Å². The Balaban J connectivity index is 0.00000220. The van der Waals surface area contributed by atoms with Crippen molar-refractivity contribution < 1.29 is 4.79 Å². The lowest BCUT2D eigenvalue weighted by Crippen LogP contribution is -2.25. The molecule has 0 bridgehead atoms. The van der Waals surface area contributed by atoms with Gasteiger partial charge in [-0.3, -0.25) is 4.79 Å². The van der Waals surface area contributed by atoms with Gasteiger partial charge in [0.1, 0.15) is 5.01 Å². The Morgan fingerprint density at radius 3 is 2.76 bits per heavy atom. The lowest BCUT2D eigenvalue weighted by molar-refractivity contribution is -0.121. The van der Waals surface area contributed by atoms with E-state index in [1.54, 1.807) is 11.3 Å². The quantitative estimate of drug-likeness (QED) is 0.858. The summed E-state index contributed by atoms with van der Waals surface area (Å²) in [7, 11) is 0. The minimum absolute atomic E-state index is 0. The van der Waals surface area contributed by atoms with Crippen LogP contribution in [0.2, 0.25) is 0 Å². The molecule has 0 fully saturated rings. The van der Waals surface area contributed by atoms with E-state index < -0.39 is 0 Å². The van der Waals surface area contributed by atoms with Crippen molar-refractivity contribution in [3.8, 4) is 10.6 Å². The number of amides is 1. The third kappa shape index (κ3) is 5.83. The third-order valence-electron chi connectivity index (χ3n) is 2.87. The molecule has 0 aliphatic carbocycles. The average Bonchev–Trinajstić information content (AvgIpc) is 2.93. The zero-order valence-electron chi connectivity index (χ0n) is 11.9. The van der Waals surface area contributed by atoms with Crippen LogP contribution in [0.4, 0.5) is 0 Å². The summed E-state index contributed by atoms with van der Waals surface area (Å²) in [4.78, 5) is 16.1. The van der Waals surface area contributed by atoms with Crippen LogP contribution in [-0.2, 0) is 11.3 Å². The van der Waals surface area contributed by atoms with Gasteiger partial charge in [0, 0.05) is 23.4 Å². The highest BCUT2D eigenvalue weighted by Gasteiger charge is 2.07. The molecule has 0 spiro atoms. The van der Waals surface area contributed by atoms with Gasteiger partial charge in [0.05, 0.1) is 12.2 Å². The topological polar surface area (TPSA) is 68.0 Å². The van der Waals surface area contributed by atoms with Crippen LogP contribution in [0, 0.1) is 0 Å². The van der Waals surface area contributed by atoms with Crippen molar-refractivity contribution in [1.29, 1.82) is 0 Å². The molecule has 1 amide bonds.